The zero-order chi connectivity index (χ0) is 18.9. The van der Waals surface area contributed by atoms with Crippen molar-refractivity contribution in [2.75, 3.05) is 13.6 Å². The molecule has 7 nitrogen and oxygen atoms in total. The second kappa shape index (κ2) is 9.56. The van der Waals surface area contributed by atoms with E-state index in [4.69, 9.17) is 9.41 Å². The van der Waals surface area contributed by atoms with E-state index in [1.165, 1.54) is 5.56 Å². The molecule has 0 unspecified atom stereocenters. The second-order valence-corrected chi connectivity index (χ2v) is 6.28. The van der Waals surface area contributed by atoms with Gasteiger partial charge in [0.2, 0.25) is 0 Å². The summed E-state index contributed by atoms with van der Waals surface area (Å²) in [6.07, 6.45) is 4.31. The van der Waals surface area contributed by atoms with Crippen LogP contribution in [0.5, 0.6) is 0 Å². The van der Waals surface area contributed by atoms with Crippen LogP contribution in [0.4, 0.5) is 0 Å². The Hall–Kier alpha value is -3.09. The first kappa shape index (κ1) is 18.7. The van der Waals surface area contributed by atoms with Gasteiger partial charge in [-0.25, -0.2) is 4.99 Å². The molecule has 142 valence electrons. The molecule has 3 aromatic rings. The normalized spacial score (nSPS) is 11.6. The van der Waals surface area contributed by atoms with Crippen LogP contribution < -0.4 is 5.32 Å². The third kappa shape index (κ3) is 5.44. The Morgan fingerprint density at radius 1 is 1.22 bits per heavy atom. The average Bonchev–Trinajstić information content (AvgIpc) is 3.36. The van der Waals surface area contributed by atoms with E-state index in [0.29, 0.717) is 6.54 Å². The summed E-state index contributed by atoms with van der Waals surface area (Å²) in [7, 11) is 2.04. The Bertz CT molecular complexity index is 825. The summed E-state index contributed by atoms with van der Waals surface area (Å²) in [5.41, 5.74) is 1.24. The molecular formula is C20H26N6O. The minimum absolute atomic E-state index is 0.501. The number of aromatic nitrogens is 3. The maximum atomic E-state index is 5.40. The van der Waals surface area contributed by atoms with Crippen LogP contribution in [0.15, 0.2) is 64.5 Å². The highest BCUT2D eigenvalue weighted by molar-refractivity contribution is 5.79. The predicted octanol–water partition coefficient (Wildman–Crippen LogP) is 2.71. The molecule has 0 aliphatic heterocycles. The number of hydrogen-bond acceptors (Lipinski definition) is 4. The molecule has 0 amide bonds. The molecule has 0 saturated heterocycles. The molecule has 1 N–H and O–H groups in total. The van der Waals surface area contributed by atoms with E-state index in [-0.39, 0.29) is 0 Å². The van der Waals surface area contributed by atoms with E-state index in [2.05, 4.69) is 56.2 Å². The lowest BCUT2D eigenvalue weighted by molar-refractivity contribution is 0.464. The van der Waals surface area contributed by atoms with E-state index in [9.17, 15) is 0 Å². The van der Waals surface area contributed by atoms with Crippen molar-refractivity contribution in [3.05, 3.63) is 72.2 Å². The van der Waals surface area contributed by atoms with Crippen LogP contribution in [-0.4, -0.2) is 39.2 Å². The topological polar surface area (TPSA) is 71.5 Å². The summed E-state index contributed by atoms with van der Waals surface area (Å²) in [6.45, 7) is 4.88. The van der Waals surface area contributed by atoms with Gasteiger partial charge in [-0.1, -0.05) is 37.3 Å². The van der Waals surface area contributed by atoms with Crippen LogP contribution in [0.1, 0.15) is 24.1 Å². The molecule has 0 aliphatic carbocycles. The van der Waals surface area contributed by atoms with E-state index < -0.39 is 0 Å². The van der Waals surface area contributed by atoms with Crippen LogP contribution in [0, 0.1) is 0 Å². The smallest absolute Gasteiger partial charge is 0.194 e. The zero-order valence-corrected chi connectivity index (χ0v) is 15.9. The molecule has 2 aromatic heterocycles. The number of benzene rings is 1. The lowest BCUT2D eigenvalue weighted by Crippen LogP contribution is -2.40. The number of aryl methyl sites for hydroxylation is 1. The highest BCUT2D eigenvalue weighted by Gasteiger charge is 2.09. The fraction of sp³-hybridized carbons (Fsp3) is 0.350. The summed E-state index contributed by atoms with van der Waals surface area (Å²) < 4.78 is 7.47. The molecule has 2 heterocycles. The van der Waals surface area contributed by atoms with E-state index >= 15 is 0 Å². The molecule has 0 radical (unpaired) electrons. The van der Waals surface area contributed by atoms with Gasteiger partial charge < -0.3 is 19.2 Å². The number of aliphatic imine (C=N–C) groups is 1. The zero-order valence-electron chi connectivity index (χ0n) is 15.9. The molecule has 1 aromatic carbocycles. The van der Waals surface area contributed by atoms with Crippen LogP contribution in [-0.2, 0) is 26.1 Å². The maximum absolute atomic E-state index is 5.40. The molecule has 0 bridgehead atoms. The quantitative estimate of drug-likeness (QED) is 0.490. The van der Waals surface area contributed by atoms with Gasteiger partial charge in [0, 0.05) is 33.1 Å². The van der Waals surface area contributed by atoms with Crippen molar-refractivity contribution in [2.45, 2.75) is 33.0 Å². The van der Waals surface area contributed by atoms with Crippen LogP contribution >= 0.6 is 0 Å². The Labute approximate surface area is 159 Å². The average molecular weight is 366 g/mol. The van der Waals surface area contributed by atoms with Gasteiger partial charge in [-0.05, 0) is 17.7 Å². The van der Waals surface area contributed by atoms with Crippen molar-refractivity contribution >= 4 is 5.96 Å². The molecule has 27 heavy (non-hydrogen) atoms. The Kier molecular flexibility index (Phi) is 6.62. The summed E-state index contributed by atoms with van der Waals surface area (Å²) in [5.74, 6) is 2.67. The van der Waals surface area contributed by atoms with Gasteiger partial charge in [-0.3, -0.25) is 0 Å². The molecule has 3 rings (SSSR count). The largest absolute Gasteiger partial charge is 0.467 e. The Morgan fingerprint density at radius 3 is 2.81 bits per heavy atom. The fourth-order valence-electron chi connectivity index (χ4n) is 2.83. The standard InChI is InChI=1S/C20H26N6O/c1-3-19-24-23-16-26(19)12-11-21-20(22-14-18-10-7-13-27-18)25(2)15-17-8-5-4-6-9-17/h4-10,13,16H,3,11-12,14-15H2,1-2H3,(H,21,22). The summed E-state index contributed by atoms with van der Waals surface area (Å²) in [4.78, 5) is 6.84. The number of rotatable bonds is 8. The van der Waals surface area contributed by atoms with E-state index in [1.807, 2.05) is 25.2 Å². The number of hydrogen-bond donors (Lipinski definition) is 1. The maximum Gasteiger partial charge on any atom is 0.194 e. The lowest BCUT2D eigenvalue weighted by Gasteiger charge is -2.23. The van der Waals surface area contributed by atoms with Crippen LogP contribution in [0.2, 0.25) is 0 Å². The van der Waals surface area contributed by atoms with Crippen molar-refractivity contribution in [1.29, 1.82) is 0 Å². The molecule has 0 aliphatic rings. The van der Waals surface area contributed by atoms with Crippen molar-refractivity contribution in [3.8, 4) is 0 Å². The molecule has 0 atom stereocenters. The minimum atomic E-state index is 0.501. The van der Waals surface area contributed by atoms with Crippen LogP contribution in [0.3, 0.4) is 0 Å². The lowest BCUT2D eigenvalue weighted by atomic mass is 10.2. The van der Waals surface area contributed by atoms with Crippen molar-refractivity contribution < 1.29 is 4.42 Å². The van der Waals surface area contributed by atoms with Crippen LogP contribution in [0.25, 0.3) is 0 Å². The van der Waals surface area contributed by atoms with Gasteiger partial charge >= 0.3 is 0 Å². The number of guanidine groups is 1. The van der Waals surface area contributed by atoms with Gasteiger partial charge in [-0.15, -0.1) is 10.2 Å². The summed E-state index contributed by atoms with van der Waals surface area (Å²) in [5, 5.41) is 11.6. The SMILES string of the molecule is CCc1nncn1CCNC(=NCc1ccco1)N(C)Cc1ccccc1. The molecule has 0 fully saturated rings. The fourth-order valence-corrected chi connectivity index (χ4v) is 2.83. The summed E-state index contributed by atoms with van der Waals surface area (Å²) in [6, 6.07) is 14.2. The molecule has 0 spiro atoms. The number of furan rings is 1. The Morgan fingerprint density at radius 2 is 2.07 bits per heavy atom. The van der Waals surface area contributed by atoms with Gasteiger partial charge in [0.1, 0.15) is 24.5 Å². The second-order valence-electron chi connectivity index (χ2n) is 6.28. The number of nitrogens with one attached hydrogen (secondary N) is 1. The minimum Gasteiger partial charge on any atom is -0.467 e. The number of nitrogens with zero attached hydrogens (tertiary/aromatic N) is 5. The van der Waals surface area contributed by atoms with E-state index in [1.54, 1.807) is 12.6 Å². The van der Waals surface area contributed by atoms with Crippen molar-refractivity contribution in [3.63, 3.8) is 0 Å². The first-order valence-corrected chi connectivity index (χ1v) is 9.18. The highest BCUT2D eigenvalue weighted by Crippen LogP contribution is 2.06. The monoisotopic (exact) mass is 366 g/mol. The third-order valence-electron chi connectivity index (χ3n) is 4.24. The summed E-state index contributed by atoms with van der Waals surface area (Å²) >= 11 is 0. The first-order chi connectivity index (χ1) is 13.3. The van der Waals surface area contributed by atoms with E-state index in [0.717, 1.165) is 43.6 Å². The van der Waals surface area contributed by atoms with Gasteiger partial charge in [0.15, 0.2) is 5.96 Å². The molecule has 7 heteroatoms. The van der Waals surface area contributed by atoms with Crippen molar-refractivity contribution in [2.24, 2.45) is 4.99 Å². The molecule has 0 saturated carbocycles. The molecular weight excluding hydrogens is 340 g/mol. The van der Waals surface area contributed by atoms with Gasteiger partial charge in [0.25, 0.3) is 0 Å². The highest BCUT2D eigenvalue weighted by atomic mass is 16.3. The Balaban J connectivity index is 1.64. The van der Waals surface area contributed by atoms with Gasteiger partial charge in [-0.2, -0.15) is 0 Å². The van der Waals surface area contributed by atoms with Gasteiger partial charge in [0.05, 0.1) is 6.26 Å². The third-order valence-corrected chi connectivity index (χ3v) is 4.24. The predicted molar refractivity (Wildman–Crippen MR) is 105 cm³/mol. The first-order valence-electron chi connectivity index (χ1n) is 9.18. The van der Waals surface area contributed by atoms with Crippen molar-refractivity contribution in [1.82, 2.24) is 25.0 Å².